The Morgan fingerprint density at radius 2 is 2.04 bits per heavy atom. The van der Waals surface area contributed by atoms with Crippen molar-refractivity contribution in [2.75, 3.05) is 14.2 Å². The largest absolute Gasteiger partial charge is 0.493 e. The van der Waals surface area contributed by atoms with Crippen LogP contribution >= 0.6 is 11.3 Å². The number of hydrogen-bond donors (Lipinski definition) is 0. The summed E-state index contributed by atoms with van der Waals surface area (Å²) in [6.07, 6.45) is 8.41. The molecule has 0 atom stereocenters. The van der Waals surface area contributed by atoms with Crippen LogP contribution in [-0.4, -0.2) is 24.7 Å². The number of thiazole rings is 1. The summed E-state index contributed by atoms with van der Waals surface area (Å²) < 4.78 is 26.3. The first-order valence-electron chi connectivity index (χ1n) is 8.27. The molecule has 0 fully saturated rings. The van der Waals surface area contributed by atoms with Gasteiger partial charge in [-0.15, -0.1) is 6.42 Å². The molecule has 1 amide bonds. The van der Waals surface area contributed by atoms with E-state index in [-0.39, 0.29) is 12.4 Å². The maximum Gasteiger partial charge on any atom is 0.272 e. The number of carbonyl (C=O) groups is 1. The first-order chi connectivity index (χ1) is 13.5. The molecule has 2 aromatic carbocycles. The van der Waals surface area contributed by atoms with Gasteiger partial charge in [-0.05, 0) is 42.0 Å². The van der Waals surface area contributed by atoms with E-state index in [1.807, 2.05) is 0 Å². The molecule has 3 rings (SSSR count). The molecule has 0 aliphatic carbocycles. The number of benzene rings is 2. The fourth-order valence-corrected chi connectivity index (χ4v) is 3.69. The van der Waals surface area contributed by atoms with Crippen LogP contribution in [0.25, 0.3) is 16.3 Å². The molecule has 0 aliphatic rings. The lowest BCUT2D eigenvalue weighted by Crippen LogP contribution is -2.15. The van der Waals surface area contributed by atoms with Crippen LogP contribution in [0.5, 0.6) is 11.5 Å². The molecule has 0 N–H and O–H groups in total. The minimum atomic E-state index is -0.451. The third kappa shape index (κ3) is 4.13. The van der Waals surface area contributed by atoms with Crippen LogP contribution in [0, 0.1) is 18.2 Å². The van der Waals surface area contributed by atoms with Crippen molar-refractivity contribution in [3.8, 4) is 23.8 Å². The predicted octanol–water partition coefficient (Wildman–Crippen LogP) is 3.63. The molecule has 1 heterocycles. The second-order valence-electron chi connectivity index (χ2n) is 5.68. The van der Waals surface area contributed by atoms with Crippen LogP contribution in [0.3, 0.4) is 0 Å². The van der Waals surface area contributed by atoms with E-state index < -0.39 is 5.91 Å². The van der Waals surface area contributed by atoms with Gasteiger partial charge in [0.25, 0.3) is 5.91 Å². The lowest BCUT2D eigenvalue weighted by molar-refractivity contribution is -0.113. The first kappa shape index (κ1) is 19.4. The number of rotatable bonds is 5. The Morgan fingerprint density at radius 1 is 1.25 bits per heavy atom. The number of fused-ring (bicyclic) bond motifs is 1. The second kappa shape index (κ2) is 8.55. The third-order valence-corrected chi connectivity index (χ3v) is 4.97. The van der Waals surface area contributed by atoms with E-state index in [1.165, 1.54) is 29.5 Å². The lowest BCUT2D eigenvalue weighted by Gasteiger charge is -2.07. The number of hydrogen-bond acceptors (Lipinski definition) is 4. The van der Waals surface area contributed by atoms with Crippen molar-refractivity contribution < 1.29 is 18.7 Å². The molecule has 0 saturated carbocycles. The van der Waals surface area contributed by atoms with Gasteiger partial charge in [0.1, 0.15) is 5.82 Å². The topological polar surface area (TPSA) is 52.8 Å². The highest BCUT2D eigenvalue weighted by molar-refractivity contribution is 7.16. The number of carbonyl (C=O) groups excluding carboxylic acids is 1. The number of nitrogens with zero attached hydrogens (tertiary/aromatic N) is 2. The van der Waals surface area contributed by atoms with Crippen LogP contribution in [0.1, 0.15) is 5.56 Å². The maximum absolute atomic E-state index is 13.5. The van der Waals surface area contributed by atoms with Gasteiger partial charge in [-0.2, -0.15) is 4.99 Å². The quantitative estimate of drug-likeness (QED) is 0.489. The molecule has 5 nitrogen and oxygen atoms in total. The highest BCUT2D eigenvalue weighted by Crippen LogP contribution is 2.28. The third-order valence-electron chi connectivity index (χ3n) is 3.93. The minimum Gasteiger partial charge on any atom is -0.493 e. The smallest absolute Gasteiger partial charge is 0.272 e. The van der Waals surface area contributed by atoms with Gasteiger partial charge in [0, 0.05) is 6.08 Å². The molecule has 0 radical (unpaired) electrons. The molecule has 0 spiro atoms. The van der Waals surface area contributed by atoms with Crippen LogP contribution in [-0.2, 0) is 11.3 Å². The van der Waals surface area contributed by atoms with Crippen molar-refractivity contribution >= 4 is 33.5 Å². The molecule has 0 unspecified atom stereocenters. The fraction of sp³-hybridized carbons (Fsp3) is 0.143. The summed E-state index contributed by atoms with van der Waals surface area (Å²) >= 11 is 1.21. The number of ether oxygens (including phenoxy) is 2. The Hall–Kier alpha value is -3.37. The summed E-state index contributed by atoms with van der Waals surface area (Å²) in [5.74, 6) is 2.89. The highest BCUT2D eigenvalue weighted by Gasteiger charge is 2.08. The molecule has 1 aromatic heterocycles. The Labute approximate surface area is 165 Å². The molecule has 7 heteroatoms. The van der Waals surface area contributed by atoms with Crippen LogP contribution in [0.15, 0.2) is 47.5 Å². The van der Waals surface area contributed by atoms with Gasteiger partial charge < -0.3 is 14.0 Å². The summed E-state index contributed by atoms with van der Waals surface area (Å²) in [4.78, 5) is 16.9. The summed E-state index contributed by atoms with van der Waals surface area (Å²) in [6, 6.07) is 9.68. The minimum absolute atomic E-state index is 0.233. The number of methoxy groups -OCH3 is 2. The average Bonchev–Trinajstić information content (AvgIpc) is 3.02. The van der Waals surface area contributed by atoms with E-state index in [0.29, 0.717) is 21.0 Å². The summed E-state index contributed by atoms with van der Waals surface area (Å²) in [5.41, 5.74) is 1.50. The molecule has 0 saturated heterocycles. The fourth-order valence-electron chi connectivity index (χ4n) is 2.63. The van der Waals surface area contributed by atoms with Crippen LogP contribution in [0.2, 0.25) is 0 Å². The average molecular weight is 396 g/mol. The molecule has 0 bridgehead atoms. The summed E-state index contributed by atoms with van der Waals surface area (Å²) in [6.45, 7) is 0.233. The van der Waals surface area contributed by atoms with Crippen LogP contribution in [0.4, 0.5) is 4.39 Å². The Morgan fingerprint density at radius 3 is 2.75 bits per heavy atom. The second-order valence-corrected chi connectivity index (χ2v) is 6.69. The molecule has 3 aromatic rings. The van der Waals surface area contributed by atoms with E-state index in [1.54, 1.807) is 49.1 Å². The Bertz CT molecular complexity index is 1170. The van der Waals surface area contributed by atoms with E-state index in [4.69, 9.17) is 15.9 Å². The van der Waals surface area contributed by atoms with Crippen molar-refractivity contribution in [1.82, 2.24) is 4.57 Å². The molecular formula is C21H17FN2O3S. The highest BCUT2D eigenvalue weighted by atomic mass is 32.1. The lowest BCUT2D eigenvalue weighted by atomic mass is 10.2. The van der Waals surface area contributed by atoms with Gasteiger partial charge in [0.15, 0.2) is 16.3 Å². The van der Waals surface area contributed by atoms with Gasteiger partial charge in [0.2, 0.25) is 0 Å². The van der Waals surface area contributed by atoms with E-state index >= 15 is 0 Å². The van der Waals surface area contributed by atoms with Gasteiger partial charge in [-0.25, -0.2) is 4.39 Å². The van der Waals surface area contributed by atoms with Crippen molar-refractivity contribution in [3.63, 3.8) is 0 Å². The Balaban J connectivity index is 1.93. The maximum atomic E-state index is 13.5. The first-order valence-corrected chi connectivity index (χ1v) is 9.08. The number of aromatic nitrogens is 1. The zero-order valence-corrected chi connectivity index (χ0v) is 16.1. The molecule has 0 aliphatic heterocycles. The van der Waals surface area contributed by atoms with Gasteiger partial charge >= 0.3 is 0 Å². The normalized spacial score (nSPS) is 11.7. The Kier molecular flexibility index (Phi) is 5.92. The van der Waals surface area contributed by atoms with Crippen molar-refractivity contribution in [2.45, 2.75) is 6.54 Å². The van der Waals surface area contributed by atoms with Crippen LogP contribution < -0.4 is 14.3 Å². The number of amides is 1. The van der Waals surface area contributed by atoms with E-state index in [9.17, 15) is 9.18 Å². The molecule has 28 heavy (non-hydrogen) atoms. The number of terminal acetylenes is 1. The van der Waals surface area contributed by atoms with Gasteiger partial charge in [0.05, 0.1) is 31.0 Å². The standard InChI is InChI=1S/C21H17FN2O3S/c1-4-11-24-16-8-7-15(22)13-19(16)28-21(24)23-20(25)10-6-14-5-9-17(26-2)18(12-14)27-3/h1,5-10,12-13H,11H2,2-3H3/b10-6-,23-21?. The number of halogens is 1. The van der Waals surface area contributed by atoms with Gasteiger partial charge in [-0.3, -0.25) is 4.79 Å². The van der Waals surface area contributed by atoms with Gasteiger partial charge in [-0.1, -0.05) is 23.3 Å². The predicted molar refractivity (Wildman–Crippen MR) is 108 cm³/mol. The van der Waals surface area contributed by atoms with E-state index in [0.717, 1.165) is 11.1 Å². The molecule has 142 valence electrons. The van der Waals surface area contributed by atoms with E-state index in [2.05, 4.69) is 10.9 Å². The van der Waals surface area contributed by atoms with Crippen molar-refractivity contribution in [2.24, 2.45) is 4.99 Å². The zero-order valence-electron chi connectivity index (χ0n) is 15.3. The SMILES string of the molecule is C#CCn1c(=NC(=O)/C=C\c2ccc(OC)c(OC)c2)sc2cc(F)ccc21. The summed E-state index contributed by atoms with van der Waals surface area (Å²) in [5, 5.41) is 0. The molecular weight excluding hydrogens is 379 g/mol. The monoisotopic (exact) mass is 396 g/mol. The van der Waals surface area contributed by atoms with Crippen molar-refractivity contribution in [1.29, 1.82) is 0 Å². The summed E-state index contributed by atoms with van der Waals surface area (Å²) in [7, 11) is 3.10. The zero-order chi connectivity index (χ0) is 20.1. The van der Waals surface area contributed by atoms with Crippen molar-refractivity contribution in [3.05, 3.63) is 58.7 Å².